The summed E-state index contributed by atoms with van der Waals surface area (Å²) in [5.74, 6) is 3.60. The topological polar surface area (TPSA) is 67.1 Å². The standard InChI is InChI=1S/C26H29Cl2N3O4/c1-17(2)19(4)35-29-16-24-18(3)30-31(5)26(24)34-23-12-10-22(11-13-23)33-21-8-6-20(7-9-21)32-15-14-25(27)28/h6-14,16-17,19H,15H2,1-5H3. The summed E-state index contributed by atoms with van der Waals surface area (Å²) in [6.45, 7) is 8.34. The molecule has 0 fully saturated rings. The number of hydrogen-bond acceptors (Lipinski definition) is 6. The highest BCUT2D eigenvalue weighted by molar-refractivity contribution is 6.55. The molecule has 0 bridgehead atoms. The van der Waals surface area contributed by atoms with Crippen LogP contribution in [-0.2, 0) is 11.9 Å². The summed E-state index contributed by atoms with van der Waals surface area (Å²) < 4.78 is 19.4. The van der Waals surface area contributed by atoms with Gasteiger partial charge in [0.1, 0.15) is 40.2 Å². The van der Waals surface area contributed by atoms with Gasteiger partial charge >= 0.3 is 0 Å². The summed E-state index contributed by atoms with van der Waals surface area (Å²) in [5.41, 5.74) is 1.55. The minimum Gasteiger partial charge on any atom is -0.489 e. The molecule has 3 aromatic rings. The molecule has 0 amide bonds. The Hall–Kier alpha value is -3.16. The molecule has 0 saturated carbocycles. The summed E-state index contributed by atoms with van der Waals surface area (Å²) in [5, 5.41) is 8.57. The van der Waals surface area contributed by atoms with Crippen molar-refractivity contribution >= 4 is 29.4 Å². The second kappa shape index (κ2) is 12.5. The van der Waals surface area contributed by atoms with Crippen molar-refractivity contribution in [1.82, 2.24) is 9.78 Å². The van der Waals surface area contributed by atoms with E-state index in [1.165, 1.54) is 0 Å². The van der Waals surface area contributed by atoms with Crippen molar-refractivity contribution in [2.24, 2.45) is 18.1 Å². The first kappa shape index (κ1) is 26.4. The Morgan fingerprint density at radius 1 is 0.943 bits per heavy atom. The second-order valence-electron chi connectivity index (χ2n) is 8.17. The quantitative estimate of drug-likeness (QED) is 0.195. The van der Waals surface area contributed by atoms with Crippen molar-refractivity contribution in [3.8, 4) is 28.9 Å². The molecule has 0 saturated heterocycles. The van der Waals surface area contributed by atoms with Crippen LogP contribution in [0.3, 0.4) is 0 Å². The van der Waals surface area contributed by atoms with Gasteiger partial charge in [-0.2, -0.15) is 5.10 Å². The number of halogens is 2. The van der Waals surface area contributed by atoms with E-state index in [-0.39, 0.29) is 17.2 Å². The van der Waals surface area contributed by atoms with Crippen LogP contribution in [0.2, 0.25) is 0 Å². The first-order valence-electron chi connectivity index (χ1n) is 11.2. The van der Waals surface area contributed by atoms with Crippen molar-refractivity contribution in [3.63, 3.8) is 0 Å². The number of oxime groups is 1. The van der Waals surface area contributed by atoms with Gasteiger partial charge in [-0.05, 0) is 74.4 Å². The molecule has 1 aromatic heterocycles. The maximum absolute atomic E-state index is 6.10. The van der Waals surface area contributed by atoms with Crippen molar-refractivity contribution < 1.29 is 19.0 Å². The van der Waals surface area contributed by atoms with Gasteiger partial charge in [-0.3, -0.25) is 0 Å². The van der Waals surface area contributed by atoms with Crippen LogP contribution in [0, 0.1) is 12.8 Å². The van der Waals surface area contributed by atoms with Crippen LogP contribution in [-0.4, -0.2) is 28.7 Å². The van der Waals surface area contributed by atoms with Crippen LogP contribution in [0.15, 0.2) is 64.3 Å². The van der Waals surface area contributed by atoms with Gasteiger partial charge in [0.15, 0.2) is 0 Å². The van der Waals surface area contributed by atoms with E-state index in [2.05, 4.69) is 24.1 Å². The summed E-state index contributed by atoms with van der Waals surface area (Å²) >= 11 is 11.1. The summed E-state index contributed by atoms with van der Waals surface area (Å²) in [4.78, 5) is 5.52. The molecule has 0 radical (unpaired) electrons. The van der Waals surface area contributed by atoms with Crippen molar-refractivity contribution in [1.29, 1.82) is 0 Å². The molecule has 2 aromatic carbocycles. The lowest BCUT2D eigenvalue weighted by Crippen LogP contribution is -2.12. The molecular formula is C26H29Cl2N3O4. The number of aromatic nitrogens is 2. The predicted octanol–water partition coefficient (Wildman–Crippen LogP) is 7.41. The van der Waals surface area contributed by atoms with Crippen LogP contribution in [0.1, 0.15) is 32.0 Å². The number of rotatable bonds is 11. The highest BCUT2D eigenvalue weighted by atomic mass is 35.5. The molecule has 0 N–H and O–H groups in total. The van der Waals surface area contributed by atoms with Gasteiger partial charge < -0.3 is 19.0 Å². The largest absolute Gasteiger partial charge is 0.489 e. The predicted molar refractivity (Wildman–Crippen MR) is 139 cm³/mol. The number of aryl methyl sites for hydroxylation is 2. The zero-order chi connectivity index (χ0) is 25.4. The lowest BCUT2D eigenvalue weighted by atomic mass is 10.1. The smallest absolute Gasteiger partial charge is 0.226 e. The fourth-order valence-electron chi connectivity index (χ4n) is 2.85. The van der Waals surface area contributed by atoms with Crippen LogP contribution >= 0.6 is 23.2 Å². The Labute approximate surface area is 215 Å². The number of benzene rings is 2. The molecule has 1 atom stereocenters. The summed E-state index contributed by atoms with van der Waals surface area (Å²) in [7, 11) is 1.82. The van der Waals surface area contributed by atoms with Gasteiger partial charge in [0.2, 0.25) is 5.88 Å². The fourth-order valence-corrected chi connectivity index (χ4v) is 2.98. The van der Waals surface area contributed by atoms with E-state index in [0.717, 1.165) is 11.3 Å². The Kier molecular flexibility index (Phi) is 9.46. The van der Waals surface area contributed by atoms with Gasteiger partial charge in [0.05, 0.1) is 17.5 Å². The molecule has 1 heterocycles. The Morgan fingerprint density at radius 3 is 2.03 bits per heavy atom. The van der Waals surface area contributed by atoms with E-state index < -0.39 is 0 Å². The Morgan fingerprint density at radius 2 is 1.49 bits per heavy atom. The van der Waals surface area contributed by atoms with Crippen LogP contribution < -0.4 is 14.2 Å². The SMILES string of the molecule is Cc1nn(C)c(Oc2ccc(Oc3ccc(OCC=C(Cl)Cl)cc3)cc2)c1C=NOC(C)C(C)C. The van der Waals surface area contributed by atoms with Gasteiger partial charge in [0.25, 0.3) is 0 Å². The zero-order valence-corrected chi connectivity index (χ0v) is 21.9. The average Bonchev–Trinajstić information content (AvgIpc) is 3.08. The normalized spacial score (nSPS) is 12.0. The van der Waals surface area contributed by atoms with Crippen LogP contribution in [0.25, 0.3) is 0 Å². The van der Waals surface area contributed by atoms with Gasteiger partial charge in [0, 0.05) is 7.05 Å². The minimum atomic E-state index is 0.0102. The maximum atomic E-state index is 6.10. The number of ether oxygens (including phenoxy) is 3. The first-order valence-corrected chi connectivity index (χ1v) is 11.9. The molecule has 0 spiro atoms. The molecule has 35 heavy (non-hydrogen) atoms. The maximum Gasteiger partial charge on any atom is 0.226 e. The van der Waals surface area contributed by atoms with Crippen LogP contribution in [0.5, 0.6) is 28.9 Å². The van der Waals surface area contributed by atoms with E-state index in [0.29, 0.717) is 34.8 Å². The molecule has 7 nitrogen and oxygen atoms in total. The molecule has 0 aliphatic carbocycles. The van der Waals surface area contributed by atoms with E-state index in [1.807, 2.05) is 69.4 Å². The minimum absolute atomic E-state index is 0.0102. The first-order chi connectivity index (χ1) is 16.7. The van der Waals surface area contributed by atoms with E-state index in [9.17, 15) is 0 Å². The van der Waals surface area contributed by atoms with Crippen LogP contribution in [0.4, 0.5) is 0 Å². The Balaban J connectivity index is 1.63. The molecule has 9 heteroatoms. The molecule has 3 rings (SSSR count). The third kappa shape index (κ3) is 7.94. The number of hydrogen-bond donors (Lipinski definition) is 0. The highest BCUT2D eigenvalue weighted by Crippen LogP contribution is 2.30. The third-order valence-electron chi connectivity index (χ3n) is 5.15. The van der Waals surface area contributed by atoms with Gasteiger partial charge in [-0.1, -0.05) is 42.2 Å². The highest BCUT2D eigenvalue weighted by Gasteiger charge is 2.15. The number of nitrogens with zero attached hydrogens (tertiary/aromatic N) is 3. The summed E-state index contributed by atoms with van der Waals surface area (Å²) in [6, 6.07) is 14.6. The fraction of sp³-hybridized carbons (Fsp3) is 0.308. The molecular weight excluding hydrogens is 489 g/mol. The average molecular weight is 518 g/mol. The van der Waals surface area contributed by atoms with Gasteiger partial charge in [-0.25, -0.2) is 4.68 Å². The van der Waals surface area contributed by atoms with Gasteiger partial charge in [-0.15, -0.1) is 0 Å². The third-order valence-corrected chi connectivity index (χ3v) is 5.46. The zero-order valence-electron chi connectivity index (χ0n) is 20.4. The van der Waals surface area contributed by atoms with E-state index >= 15 is 0 Å². The van der Waals surface area contributed by atoms with E-state index in [1.54, 1.807) is 17.0 Å². The molecule has 0 aliphatic heterocycles. The lowest BCUT2D eigenvalue weighted by molar-refractivity contribution is 0.0415. The molecule has 1 unspecified atom stereocenters. The molecule has 186 valence electrons. The Bertz CT molecular complexity index is 1150. The monoisotopic (exact) mass is 517 g/mol. The summed E-state index contributed by atoms with van der Waals surface area (Å²) in [6.07, 6.45) is 3.22. The lowest BCUT2D eigenvalue weighted by Gasteiger charge is -2.12. The van der Waals surface area contributed by atoms with E-state index in [4.69, 9.17) is 42.3 Å². The molecule has 0 aliphatic rings. The second-order valence-corrected chi connectivity index (χ2v) is 9.18. The van der Waals surface area contributed by atoms with Crippen molar-refractivity contribution in [2.45, 2.75) is 33.8 Å². The van der Waals surface area contributed by atoms with Crippen molar-refractivity contribution in [2.75, 3.05) is 6.61 Å². The van der Waals surface area contributed by atoms with Crippen molar-refractivity contribution in [3.05, 3.63) is 70.4 Å².